The van der Waals surface area contributed by atoms with E-state index in [0.717, 1.165) is 6.07 Å². The van der Waals surface area contributed by atoms with Gasteiger partial charge in [-0.25, -0.2) is 4.42 Å². The Hall–Kier alpha value is -3.35. The first-order valence-corrected chi connectivity index (χ1v) is 9.52. The van der Waals surface area contributed by atoms with E-state index in [4.69, 9.17) is 13.9 Å². The van der Waals surface area contributed by atoms with Crippen molar-refractivity contribution in [3.63, 3.8) is 0 Å². The average Bonchev–Trinajstić information content (AvgIpc) is 2.76. The van der Waals surface area contributed by atoms with Crippen molar-refractivity contribution < 1.29 is 54.7 Å². The van der Waals surface area contributed by atoms with Crippen molar-refractivity contribution in [3.8, 4) is 40.1 Å². The third-order valence-electron chi connectivity index (χ3n) is 5.15. The second-order valence-electron chi connectivity index (χ2n) is 7.34. The molecule has 170 valence electrons. The van der Waals surface area contributed by atoms with E-state index in [1.165, 1.54) is 30.3 Å². The van der Waals surface area contributed by atoms with Gasteiger partial charge >= 0.3 is 11.3 Å². The average molecular weight is 455 g/mol. The first-order chi connectivity index (χ1) is 15.2. The van der Waals surface area contributed by atoms with Crippen LogP contribution in [-0.4, -0.2) is 78.2 Å². The highest BCUT2D eigenvalue weighted by molar-refractivity contribution is 5.88. The van der Waals surface area contributed by atoms with Gasteiger partial charge in [-0.1, -0.05) is 0 Å². The second kappa shape index (κ2) is 8.30. The van der Waals surface area contributed by atoms with E-state index in [1.54, 1.807) is 0 Å². The largest absolute Gasteiger partial charge is 0.507 e. The number of phenols is 4. The summed E-state index contributed by atoms with van der Waals surface area (Å²) < 4.78 is 16.8. The highest BCUT2D eigenvalue weighted by atomic mass is 16.7. The molecule has 0 amide bonds. The molecular formula is C21H21O11+. The van der Waals surface area contributed by atoms with Crippen LogP contribution in [0, 0.1) is 0 Å². The normalized spacial score (nSPS) is 25.7. The third kappa shape index (κ3) is 3.83. The molecule has 0 saturated carbocycles. The van der Waals surface area contributed by atoms with Gasteiger partial charge in [0.2, 0.25) is 12.0 Å². The number of hydrogen-bond donors (Lipinski definition) is 8. The Morgan fingerprint density at radius 1 is 0.844 bits per heavy atom. The maximum absolute atomic E-state index is 10.3. The van der Waals surface area contributed by atoms with Crippen LogP contribution in [0.5, 0.6) is 28.7 Å². The van der Waals surface area contributed by atoms with Crippen LogP contribution in [-0.2, 0) is 4.74 Å². The van der Waals surface area contributed by atoms with Gasteiger partial charge in [-0.15, -0.1) is 0 Å². The summed E-state index contributed by atoms with van der Waals surface area (Å²) in [4.78, 5) is 0. The predicted octanol–water partition coefficient (Wildman–Crippen LogP) is 0.382. The van der Waals surface area contributed by atoms with Gasteiger partial charge in [0.25, 0.3) is 0 Å². The summed E-state index contributed by atoms with van der Waals surface area (Å²) >= 11 is 0. The summed E-state index contributed by atoms with van der Waals surface area (Å²) in [5, 5.41) is 79.2. The van der Waals surface area contributed by atoms with Crippen LogP contribution in [0.2, 0.25) is 0 Å². The minimum Gasteiger partial charge on any atom is -0.507 e. The fraction of sp³-hybridized carbons (Fsp3) is 0.286. The van der Waals surface area contributed by atoms with Crippen molar-refractivity contribution >= 4 is 11.0 Å². The molecule has 2 heterocycles. The van der Waals surface area contributed by atoms with Crippen molar-refractivity contribution in [2.75, 3.05) is 6.61 Å². The first-order valence-electron chi connectivity index (χ1n) is 9.52. The van der Waals surface area contributed by atoms with Gasteiger partial charge < -0.3 is 50.3 Å². The van der Waals surface area contributed by atoms with Gasteiger partial charge in [0.15, 0.2) is 11.5 Å². The summed E-state index contributed by atoms with van der Waals surface area (Å²) in [5.41, 5.74) is 0.260. The van der Waals surface area contributed by atoms with Crippen molar-refractivity contribution in [2.24, 2.45) is 0 Å². The summed E-state index contributed by atoms with van der Waals surface area (Å²) in [6, 6.07) is 7.37. The number of fused-ring (bicyclic) bond motifs is 1. The quantitative estimate of drug-likeness (QED) is 0.200. The van der Waals surface area contributed by atoms with Crippen LogP contribution in [0.4, 0.5) is 0 Å². The number of benzene rings is 2. The lowest BCUT2D eigenvalue weighted by Crippen LogP contribution is -2.60. The molecular weight excluding hydrogens is 434 g/mol. The maximum atomic E-state index is 10.3. The van der Waals surface area contributed by atoms with Crippen molar-refractivity contribution in [1.82, 2.24) is 0 Å². The van der Waals surface area contributed by atoms with Crippen LogP contribution in [0.25, 0.3) is 22.3 Å². The van der Waals surface area contributed by atoms with Crippen LogP contribution in [0.15, 0.2) is 40.8 Å². The number of aliphatic hydroxyl groups is 4. The number of hydrogen-bond acceptors (Lipinski definition) is 10. The predicted molar refractivity (Wildman–Crippen MR) is 107 cm³/mol. The highest BCUT2D eigenvalue weighted by Gasteiger charge is 2.45. The molecule has 1 saturated heterocycles. The number of aromatic hydroxyl groups is 4. The van der Waals surface area contributed by atoms with Crippen LogP contribution in [0.1, 0.15) is 0 Å². The maximum Gasteiger partial charge on any atom is 0.402 e. The minimum atomic E-state index is -1.71. The van der Waals surface area contributed by atoms with Crippen molar-refractivity contribution in [3.05, 3.63) is 36.4 Å². The number of rotatable bonds is 4. The van der Waals surface area contributed by atoms with E-state index in [-0.39, 0.29) is 45.3 Å². The topological polar surface area (TPSA) is 192 Å². The lowest BCUT2D eigenvalue weighted by atomic mass is 9.99. The molecule has 0 radical (unpaired) electrons. The molecule has 2 aromatic carbocycles. The van der Waals surface area contributed by atoms with E-state index < -0.39 is 43.1 Å². The van der Waals surface area contributed by atoms with E-state index in [0.29, 0.717) is 0 Å². The number of aliphatic hydroxyl groups excluding tert-OH is 4. The van der Waals surface area contributed by atoms with Crippen LogP contribution in [0.3, 0.4) is 0 Å². The fourth-order valence-corrected chi connectivity index (χ4v) is 3.43. The molecule has 32 heavy (non-hydrogen) atoms. The SMILES string of the molecule is OC[C@H]1O[C@@H](Oc2cc3c(O)cc(O)cc3[o+]c2-[13c]2[13cH][13cH][13c](O)[13c](O)[13cH]2)[C@H](O)[C@@H](O)[C@@H]1O. The number of ether oxygens (including phenoxy) is 2. The molecule has 0 spiro atoms. The smallest absolute Gasteiger partial charge is 0.402 e. The molecule has 3 aromatic rings. The van der Waals surface area contributed by atoms with E-state index in [9.17, 15) is 40.9 Å². The fourth-order valence-electron chi connectivity index (χ4n) is 3.43. The van der Waals surface area contributed by atoms with Crippen LogP contribution >= 0.6 is 0 Å². The zero-order chi connectivity index (χ0) is 23.2. The molecule has 11 heteroatoms. The molecule has 11 nitrogen and oxygen atoms in total. The first kappa shape index (κ1) is 21.9. The van der Waals surface area contributed by atoms with E-state index in [1.807, 2.05) is 0 Å². The van der Waals surface area contributed by atoms with Crippen molar-refractivity contribution in [2.45, 2.75) is 30.7 Å². The van der Waals surface area contributed by atoms with Crippen molar-refractivity contribution in [1.29, 1.82) is 0 Å². The lowest BCUT2D eigenvalue weighted by molar-refractivity contribution is -0.277. The van der Waals surface area contributed by atoms with Gasteiger partial charge in [0.1, 0.15) is 41.3 Å². The summed E-state index contributed by atoms with van der Waals surface area (Å²) in [6.45, 7) is -0.661. The summed E-state index contributed by atoms with van der Waals surface area (Å²) in [7, 11) is 0. The Kier molecular flexibility index (Phi) is 5.67. The van der Waals surface area contributed by atoms with Gasteiger partial charge in [0, 0.05) is 18.2 Å². The van der Waals surface area contributed by atoms with E-state index in [2.05, 4.69) is 0 Å². The molecule has 4 rings (SSSR count). The molecule has 0 unspecified atom stereocenters. The monoisotopic (exact) mass is 455 g/mol. The molecule has 1 fully saturated rings. The molecule has 1 aromatic heterocycles. The summed E-state index contributed by atoms with van der Waals surface area (Å²) in [5.74, 6) is -1.64. The molecule has 0 bridgehead atoms. The number of phenolic OH excluding ortho intramolecular Hbond substituents is 4. The zero-order valence-corrected chi connectivity index (χ0v) is 16.4. The van der Waals surface area contributed by atoms with Gasteiger partial charge in [-0.05, 0) is 12.1 Å². The second-order valence-corrected chi connectivity index (χ2v) is 7.34. The standard InChI is InChI=1S/C21H20O11/c22-7-16-17(27)18(28)19(29)21(32-16)31-15-6-10-12(25)4-9(23)5-14(10)30-20(15)8-1-2-11(24)13(26)3-8/h1-6,16-19,21-22,27-29H,7H2,(H3-,23,24,25,26)/p+1/t16-,17-,18+,19-,21-/m1/s1/i1+1,2+1,3+1,8+1,11+1,13+1. The molecule has 1 aliphatic rings. The Morgan fingerprint density at radius 3 is 2.28 bits per heavy atom. The minimum absolute atomic E-state index is 0.0465. The Morgan fingerprint density at radius 2 is 1.59 bits per heavy atom. The lowest BCUT2D eigenvalue weighted by Gasteiger charge is -2.39. The zero-order valence-electron chi connectivity index (χ0n) is 16.4. The third-order valence-corrected chi connectivity index (χ3v) is 5.15. The Bertz CT molecular complexity index is 1150. The molecule has 5 atom stereocenters. The highest BCUT2D eigenvalue weighted by Crippen LogP contribution is 2.42. The molecule has 0 aliphatic carbocycles. The van der Waals surface area contributed by atoms with Gasteiger partial charge in [-0.2, -0.15) is 0 Å². The van der Waals surface area contributed by atoms with Gasteiger partial charge in [0.05, 0.1) is 18.2 Å². The molecule has 1 aliphatic heterocycles. The van der Waals surface area contributed by atoms with E-state index >= 15 is 0 Å². The summed E-state index contributed by atoms with van der Waals surface area (Å²) in [6.07, 6.45) is -7.76. The van der Waals surface area contributed by atoms with Crippen LogP contribution < -0.4 is 4.74 Å². The molecule has 8 N–H and O–H groups in total. The Balaban J connectivity index is 1.84. The Labute approximate surface area is 180 Å². The van der Waals surface area contributed by atoms with Gasteiger partial charge in [-0.3, -0.25) is 0 Å².